The number of aliphatic carboxylic acids is 1. The summed E-state index contributed by atoms with van der Waals surface area (Å²) in [6.07, 6.45) is 1.47. The largest absolute Gasteiger partial charge is 0.481 e. The first-order valence-electron chi connectivity index (χ1n) is 6.04. The molecule has 1 aromatic heterocycles. The second-order valence-corrected chi connectivity index (χ2v) is 5.31. The van der Waals surface area contributed by atoms with Gasteiger partial charge in [0, 0.05) is 30.9 Å². The molecule has 6 heteroatoms. The van der Waals surface area contributed by atoms with Crippen LogP contribution in [0.2, 0.25) is 5.02 Å². The molecule has 2 heterocycles. The molecule has 1 aliphatic heterocycles. The van der Waals surface area contributed by atoms with Crippen molar-refractivity contribution in [3.05, 3.63) is 28.5 Å². The van der Waals surface area contributed by atoms with E-state index in [0.29, 0.717) is 23.7 Å². The molecule has 0 bridgehead atoms. The lowest BCUT2D eigenvalue weighted by Gasteiger charge is -2.41. The Labute approximate surface area is 116 Å². The summed E-state index contributed by atoms with van der Waals surface area (Å²) in [5.74, 6) is -1.44. The molecule has 0 aromatic carbocycles. The number of likely N-dealkylation sites (tertiary alicyclic amines) is 1. The molecule has 1 aliphatic rings. The van der Waals surface area contributed by atoms with Crippen molar-refractivity contribution in [1.29, 1.82) is 0 Å². The molecule has 19 heavy (non-hydrogen) atoms. The number of carboxylic acid groups (broad SMARTS) is 1. The summed E-state index contributed by atoms with van der Waals surface area (Å²) < 4.78 is 0. The molecule has 1 fully saturated rings. The maximum atomic E-state index is 12.2. The van der Waals surface area contributed by atoms with Crippen LogP contribution in [0.4, 0.5) is 0 Å². The number of rotatable bonds is 3. The highest BCUT2D eigenvalue weighted by molar-refractivity contribution is 6.33. The van der Waals surface area contributed by atoms with Crippen LogP contribution in [-0.4, -0.2) is 40.0 Å². The molecule has 0 aliphatic carbocycles. The van der Waals surface area contributed by atoms with E-state index >= 15 is 0 Å². The van der Waals surface area contributed by atoms with E-state index in [2.05, 4.69) is 4.98 Å². The van der Waals surface area contributed by atoms with Gasteiger partial charge in [0.2, 0.25) is 0 Å². The van der Waals surface area contributed by atoms with Gasteiger partial charge in [-0.1, -0.05) is 18.5 Å². The lowest BCUT2D eigenvalue weighted by atomic mass is 9.86. The van der Waals surface area contributed by atoms with Gasteiger partial charge in [-0.15, -0.1) is 0 Å². The Balaban J connectivity index is 2.02. The predicted molar refractivity (Wildman–Crippen MR) is 70.2 cm³/mol. The normalized spacial score (nSPS) is 16.9. The van der Waals surface area contributed by atoms with Crippen LogP contribution >= 0.6 is 11.6 Å². The summed E-state index contributed by atoms with van der Waals surface area (Å²) in [6.45, 7) is 4.37. The Kier molecular flexibility index (Phi) is 3.75. The average Bonchev–Trinajstić information content (AvgIpc) is 2.26. The first-order valence-corrected chi connectivity index (χ1v) is 6.42. The Morgan fingerprint density at radius 1 is 1.53 bits per heavy atom. The van der Waals surface area contributed by atoms with Crippen molar-refractivity contribution in [3.8, 4) is 0 Å². The van der Waals surface area contributed by atoms with E-state index in [4.69, 9.17) is 16.7 Å². The summed E-state index contributed by atoms with van der Waals surface area (Å²) in [4.78, 5) is 28.6. The van der Waals surface area contributed by atoms with Crippen LogP contribution < -0.4 is 0 Å². The van der Waals surface area contributed by atoms with E-state index in [-0.39, 0.29) is 11.8 Å². The fraction of sp³-hybridized carbons (Fsp3) is 0.462. The number of amides is 1. The van der Waals surface area contributed by atoms with E-state index in [1.165, 1.54) is 6.20 Å². The van der Waals surface area contributed by atoms with Crippen LogP contribution in [0, 0.1) is 18.8 Å². The molecule has 1 unspecified atom stereocenters. The van der Waals surface area contributed by atoms with E-state index in [1.807, 2.05) is 0 Å². The van der Waals surface area contributed by atoms with Gasteiger partial charge in [0.25, 0.3) is 5.91 Å². The highest BCUT2D eigenvalue weighted by Gasteiger charge is 2.37. The number of hydrogen-bond donors (Lipinski definition) is 1. The Hall–Kier alpha value is -1.62. The van der Waals surface area contributed by atoms with Crippen molar-refractivity contribution in [2.75, 3.05) is 13.1 Å². The van der Waals surface area contributed by atoms with Gasteiger partial charge in [-0.3, -0.25) is 14.6 Å². The highest BCUT2D eigenvalue weighted by atomic mass is 35.5. The number of carbonyl (C=O) groups is 2. The molecule has 1 aromatic rings. The van der Waals surface area contributed by atoms with E-state index in [1.54, 1.807) is 24.8 Å². The minimum absolute atomic E-state index is 0.0126. The second kappa shape index (κ2) is 5.17. The monoisotopic (exact) mass is 282 g/mol. The van der Waals surface area contributed by atoms with Crippen LogP contribution in [0.3, 0.4) is 0 Å². The van der Waals surface area contributed by atoms with Gasteiger partial charge in [-0.05, 0) is 13.0 Å². The molecule has 0 radical (unpaired) electrons. The molecule has 1 N–H and O–H groups in total. The van der Waals surface area contributed by atoms with E-state index in [0.717, 1.165) is 5.69 Å². The third kappa shape index (κ3) is 2.71. The zero-order valence-corrected chi connectivity index (χ0v) is 11.5. The summed E-state index contributed by atoms with van der Waals surface area (Å²) in [5.41, 5.74) is 1.12. The topological polar surface area (TPSA) is 70.5 Å². The molecule has 5 nitrogen and oxygen atoms in total. The molecule has 1 atom stereocenters. The standard InChI is InChI=1S/C13H15ClN2O3/c1-7-3-11(14)10(4-15-7)12(17)16-5-9(6-16)8(2)13(18)19/h3-4,8-9H,5-6H2,1-2H3,(H,18,19). The average molecular weight is 283 g/mol. The van der Waals surface area contributed by atoms with Crippen molar-refractivity contribution < 1.29 is 14.7 Å². The van der Waals surface area contributed by atoms with Gasteiger partial charge in [-0.2, -0.15) is 0 Å². The Bertz CT molecular complexity index is 527. The smallest absolute Gasteiger partial charge is 0.306 e. The molecular formula is C13H15ClN2O3. The van der Waals surface area contributed by atoms with Gasteiger partial charge in [0.1, 0.15) is 0 Å². The van der Waals surface area contributed by atoms with Crippen molar-refractivity contribution in [1.82, 2.24) is 9.88 Å². The van der Waals surface area contributed by atoms with Crippen molar-refractivity contribution in [3.63, 3.8) is 0 Å². The van der Waals surface area contributed by atoms with E-state index in [9.17, 15) is 9.59 Å². The number of pyridine rings is 1. The maximum Gasteiger partial charge on any atom is 0.306 e. The molecular weight excluding hydrogens is 268 g/mol. The van der Waals surface area contributed by atoms with Gasteiger partial charge in [0.05, 0.1) is 16.5 Å². The first-order chi connectivity index (χ1) is 8.90. The van der Waals surface area contributed by atoms with E-state index < -0.39 is 11.9 Å². The van der Waals surface area contributed by atoms with Gasteiger partial charge in [0.15, 0.2) is 0 Å². The van der Waals surface area contributed by atoms with Crippen molar-refractivity contribution >= 4 is 23.5 Å². The molecule has 2 rings (SSSR count). The van der Waals surface area contributed by atoms with Crippen LogP contribution in [0.1, 0.15) is 23.0 Å². The highest BCUT2D eigenvalue weighted by Crippen LogP contribution is 2.27. The minimum Gasteiger partial charge on any atom is -0.481 e. The third-order valence-electron chi connectivity index (χ3n) is 3.51. The second-order valence-electron chi connectivity index (χ2n) is 4.90. The number of nitrogens with zero attached hydrogens (tertiary/aromatic N) is 2. The lowest BCUT2D eigenvalue weighted by molar-refractivity contribution is -0.144. The summed E-state index contributed by atoms with van der Waals surface area (Å²) in [7, 11) is 0. The number of carboxylic acids is 1. The van der Waals surface area contributed by atoms with Gasteiger partial charge < -0.3 is 10.0 Å². The minimum atomic E-state index is -0.827. The molecule has 0 spiro atoms. The van der Waals surface area contributed by atoms with Gasteiger partial charge >= 0.3 is 5.97 Å². The summed E-state index contributed by atoms with van der Waals surface area (Å²) in [6, 6.07) is 1.64. The van der Waals surface area contributed by atoms with Crippen LogP contribution in [-0.2, 0) is 4.79 Å². The molecule has 0 saturated carbocycles. The number of halogens is 1. The van der Waals surface area contributed by atoms with Crippen molar-refractivity contribution in [2.24, 2.45) is 11.8 Å². The Morgan fingerprint density at radius 3 is 2.68 bits per heavy atom. The van der Waals surface area contributed by atoms with Crippen molar-refractivity contribution in [2.45, 2.75) is 13.8 Å². The van der Waals surface area contributed by atoms with Crippen LogP contribution in [0.5, 0.6) is 0 Å². The van der Waals surface area contributed by atoms with Crippen LogP contribution in [0.25, 0.3) is 0 Å². The fourth-order valence-electron chi connectivity index (χ4n) is 2.05. The molecule has 1 saturated heterocycles. The van der Waals surface area contributed by atoms with Gasteiger partial charge in [-0.25, -0.2) is 0 Å². The quantitative estimate of drug-likeness (QED) is 0.918. The fourth-order valence-corrected chi connectivity index (χ4v) is 2.34. The maximum absolute atomic E-state index is 12.2. The van der Waals surface area contributed by atoms with Crippen LogP contribution in [0.15, 0.2) is 12.3 Å². The Morgan fingerprint density at radius 2 is 2.16 bits per heavy atom. The molecule has 1 amide bonds. The zero-order chi connectivity index (χ0) is 14.2. The molecule has 102 valence electrons. The first kappa shape index (κ1) is 13.8. The zero-order valence-electron chi connectivity index (χ0n) is 10.8. The predicted octanol–water partition coefficient (Wildman–Crippen LogP) is 1.84. The number of aromatic nitrogens is 1. The number of hydrogen-bond acceptors (Lipinski definition) is 3. The summed E-state index contributed by atoms with van der Waals surface area (Å²) in [5, 5.41) is 9.28. The number of aryl methyl sites for hydroxylation is 1. The number of carbonyl (C=O) groups excluding carboxylic acids is 1. The SMILES string of the molecule is Cc1cc(Cl)c(C(=O)N2CC(C(C)C(=O)O)C2)cn1. The summed E-state index contributed by atoms with van der Waals surface area (Å²) >= 11 is 6.02. The lowest BCUT2D eigenvalue weighted by Crippen LogP contribution is -2.53. The third-order valence-corrected chi connectivity index (χ3v) is 3.83.